The predicted octanol–water partition coefficient (Wildman–Crippen LogP) is 2.95. The van der Waals surface area contributed by atoms with Gasteiger partial charge in [0.05, 0.1) is 6.54 Å². The third-order valence-electron chi connectivity index (χ3n) is 5.42. The molecule has 0 aromatic heterocycles. The van der Waals surface area contributed by atoms with E-state index < -0.39 is 0 Å². The largest absolute Gasteiger partial charge is 0.336 e. The molecule has 1 amide bonds. The first-order chi connectivity index (χ1) is 9.78. The molecule has 3 nitrogen and oxygen atoms in total. The molecule has 0 aliphatic heterocycles. The molecule has 0 atom stereocenters. The summed E-state index contributed by atoms with van der Waals surface area (Å²) in [5.41, 5.74) is 0. The van der Waals surface area contributed by atoms with Crippen molar-refractivity contribution in [2.45, 2.75) is 76.8 Å². The lowest BCUT2D eigenvalue weighted by Crippen LogP contribution is -2.47. The van der Waals surface area contributed by atoms with Crippen molar-refractivity contribution in [2.24, 2.45) is 11.8 Å². The van der Waals surface area contributed by atoms with Gasteiger partial charge in [-0.2, -0.15) is 0 Å². The molecule has 3 rings (SSSR count). The van der Waals surface area contributed by atoms with E-state index in [1.54, 1.807) is 0 Å². The maximum atomic E-state index is 12.5. The zero-order valence-corrected chi connectivity index (χ0v) is 12.9. The molecule has 3 aliphatic rings. The summed E-state index contributed by atoms with van der Waals surface area (Å²) in [5.74, 6) is 2.14. The molecule has 0 heterocycles. The SMILES string of the molecule is CCC1CCC(N(C(=O)CNCC2CC2)C2CC2)CC1. The molecule has 0 saturated heterocycles. The molecular formula is C17H30N2O. The normalized spacial score (nSPS) is 30.2. The van der Waals surface area contributed by atoms with Crippen molar-refractivity contribution < 1.29 is 4.79 Å². The van der Waals surface area contributed by atoms with Gasteiger partial charge in [-0.3, -0.25) is 4.79 Å². The molecule has 0 bridgehead atoms. The monoisotopic (exact) mass is 278 g/mol. The van der Waals surface area contributed by atoms with E-state index in [2.05, 4.69) is 17.1 Å². The first kappa shape index (κ1) is 14.4. The Morgan fingerprint density at radius 1 is 0.950 bits per heavy atom. The topological polar surface area (TPSA) is 32.3 Å². The minimum Gasteiger partial charge on any atom is -0.336 e. The van der Waals surface area contributed by atoms with Crippen LogP contribution in [-0.2, 0) is 4.79 Å². The Labute approximate surface area is 123 Å². The van der Waals surface area contributed by atoms with Crippen molar-refractivity contribution in [3.63, 3.8) is 0 Å². The van der Waals surface area contributed by atoms with Gasteiger partial charge in [-0.1, -0.05) is 13.3 Å². The predicted molar refractivity (Wildman–Crippen MR) is 81.5 cm³/mol. The Kier molecular flexibility index (Phi) is 4.65. The highest BCUT2D eigenvalue weighted by Gasteiger charge is 2.38. The quantitative estimate of drug-likeness (QED) is 0.776. The number of amides is 1. The van der Waals surface area contributed by atoms with E-state index in [9.17, 15) is 4.79 Å². The summed E-state index contributed by atoms with van der Waals surface area (Å²) >= 11 is 0. The second-order valence-corrected chi connectivity index (χ2v) is 7.19. The van der Waals surface area contributed by atoms with E-state index in [4.69, 9.17) is 0 Å². The number of hydrogen-bond donors (Lipinski definition) is 1. The molecule has 20 heavy (non-hydrogen) atoms. The van der Waals surface area contributed by atoms with Crippen LogP contribution in [-0.4, -0.2) is 36.0 Å². The van der Waals surface area contributed by atoms with E-state index in [0.717, 1.165) is 18.4 Å². The fraction of sp³-hybridized carbons (Fsp3) is 0.941. The maximum absolute atomic E-state index is 12.5. The lowest BCUT2D eigenvalue weighted by Gasteiger charge is -2.37. The highest BCUT2D eigenvalue weighted by atomic mass is 16.2. The second-order valence-electron chi connectivity index (χ2n) is 7.19. The number of carbonyl (C=O) groups is 1. The number of hydrogen-bond acceptors (Lipinski definition) is 2. The fourth-order valence-electron chi connectivity index (χ4n) is 3.69. The molecule has 3 aliphatic carbocycles. The highest BCUT2D eigenvalue weighted by molar-refractivity contribution is 5.79. The highest BCUT2D eigenvalue weighted by Crippen LogP contribution is 2.36. The van der Waals surface area contributed by atoms with Crippen molar-refractivity contribution >= 4 is 5.91 Å². The molecule has 1 N–H and O–H groups in total. The van der Waals surface area contributed by atoms with Crippen LogP contribution in [0.4, 0.5) is 0 Å². The Morgan fingerprint density at radius 2 is 1.50 bits per heavy atom. The van der Waals surface area contributed by atoms with Gasteiger partial charge in [0.25, 0.3) is 0 Å². The van der Waals surface area contributed by atoms with Gasteiger partial charge in [0.1, 0.15) is 0 Å². The smallest absolute Gasteiger partial charge is 0.237 e. The van der Waals surface area contributed by atoms with E-state index in [-0.39, 0.29) is 0 Å². The van der Waals surface area contributed by atoms with Crippen LogP contribution in [0, 0.1) is 11.8 Å². The Hall–Kier alpha value is -0.570. The van der Waals surface area contributed by atoms with Crippen molar-refractivity contribution in [2.75, 3.05) is 13.1 Å². The molecule has 0 aromatic carbocycles. The maximum Gasteiger partial charge on any atom is 0.237 e. The van der Waals surface area contributed by atoms with Crippen LogP contribution < -0.4 is 5.32 Å². The lowest BCUT2D eigenvalue weighted by molar-refractivity contribution is -0.134. The zero-order valence-electron chi connectivity index (χ0n) is 12.9. The van der Waals surface area contributed by atoms with E-state index in [1.807, 2.05) is 0 Å². The Morgan fingerprint density at radius 3 is 2.00 bits per heavy atom. The van der Waals surface area contributed by atoms with Crippen molar-refractivity contribution in [1.29, 1.82) is 0 Å². The summed E-state index contributed by atoms with van der Waals surface area (Å²) in [7, 11) is 0. The van der Waals surface area contributed by atoms with Crippen LogP contribution in [0.1, 0.15) is 64.7 Å². The molecule has 3 heteroatoms. The first-order valence-corrected chi connectivity index (χ1v) is 8.79. The summed E-state index contributed by atoms with van der Waals surface area (Å²) < 4.78 is 0. The van der Waals surface area contributed by atoms with E-state index in [1.165, 1.54) is 57.8 Å². The van der Waals surface area contributed by atoms with Gasteiger partial charge in [0.15, 0.2) is 0 Å². The van der Waals surface area contributed by atoms with Gasteiger partial charge >= 0.3 is 0 Å². The summed E-state index contributed by atoms with van der Waals surface area (Å²) in [6, 6.07) is 1.12. The van der Waals surface area contributed by atoms with Gasteiger partial charge in [0, 0.05) is 12.1 Å². The summed E-state index contributed by atoms with van der Waals surface area (Å²) in [6.07, 6.45) is 11.6. The minimum atomic E-state index is 0.369. The van der Waals surface area contributed by atoms with Gasteiger partial charge in [-0.15, -0.1) is 0 Å². The average molecular weight is 278 g/mol. The van der Waals surface area contributed by atoms with E-state index in [0.29, 0.717) is 24.5 Å². The van der Waals surface area contributed by atoms with Gasteiger partial charge in [0.2, 0.25) is 5.91 Å². The zero-order chi connectivity index (χ0) is 13.9. The lowest BCUT2D eigenvalue weighted by atomic mass is 9.84. The fourth-order valence-corrected chi connectivity index (χ4v) is 3.69. The standard InChI is InChI=1S/C17H30N2O/c1-2-13-5-7-15(8-6-13)19(16-9-10-16)17(20)12-18-11-14-3-4-14/h13-16,18H,2-12H2,1H3. The number of nitrogens with one attached hydrogen (secondary N) is 1. The summed E-state index contributed by atoms with van der Waals surface area (Å²) in [6.45, 7) is 3.92. The van der Waals surface area contributed by atoms with Crippen LogP contribution in [0.2, 0.25) is 0 Å². The van der Waals surface area contributed by atoms with Crippen molar-refractivity contribution in [3.8, 4) is 0 Å². The molecule has 3 fully saturated rings. The molecule has 114 valence electrons. The third kappa shape index (κ3) is 3.75. The van der Waals surface area contributed by atoms with Crippen LogP contribution in [0.25, 0.3) is 0 Å². The van der Waals surface area contributed by atoms with Gasteiger partial charge in [-0.25, -0.2) is 0 Å². The average Bonchev–Trinajstić information content (AvgIpc) is 3.34. The molecule has 0 aromatic rings. The molecule has 3 saturated carbocycles. The van der Waals surface area contributed by atoms with Crippen LogP contribution in [0.5, 0.6) is 0 Å². The molecule has 0 spiro atoms. The van der Waals surface area contributed by atoms with Crippen molar-refractivity contribution in [3.05, 3.63) is 0 Å². The number of rotatable bonds is 7. The molecule has 0 unspecified atom stereocenters. The van der Waals surface area contributed by atoms with Crippen LogP contribution in [0.3, 0.4) is 0 Å². The minimum absolute atomic E-state index is 0.369. The number of carbonyl (C=O) groups excluding carboxylic acids is 1. The Balaban J connectivity index is 1.48. The van der Waals surface area contributed by atoms with Gasteiger partial charge < -0.3 is 10.2 Å². The van der Waals surface area contributed by atoms with Gasteiger partial charge in [-0.05, 0) is 69.7 Å². The molecular weight excluding hydrogens is 248 g/mol. The Bertz CT molecular complexity index is 328. The van der Waals surface area contributed by atoms with Crippen LogP contribution in [0.15, 0.2) is 0 Å². The molecule has 0 radical (unpaired) electrons. The van der Waals surface area contributed by atoms with Crippen molar-refractivity contribution in [1.82, 2.24) is 10.2 Å². The second kappa shape index (κ2) is 6.46. The first-order valence-electron chi connectivity index (χ1n) is 8.79. The summed E-state index contributed by atoms with van der Waals surface area (Å²) in [4.78, 5) is 14.8. The van der Waals surface area contributed by atoms with E-state index >= 15 is 0 Å². The number of nitrogens with zero attached hydrogens (tertiary/aromatic N) is 1. The summed E-state index contributed by atoms with van der Waals surface area (Å²) in [5, 5.41) is 3.38. The van der Waals surface area contributed by atoms with Crippen LogP contribution >= 0.6 is 0 Å². The third-order valence-corrected chi connectivity index (χ3v) is 5.42.